The molecule has 0 saturated heterocycles. The maximum absolute atomic E-state index is 10.6. The molecule has 2 aromatic heterocycles. The number of aliphatic carboxylic acids is 1. The summed E-state index contributed by atoms with van der Waals surface area (Å²) in [6, 6.07) is 8.24. The number of nitrogens with zero attached hydrogens (tertiary/aromatic N) is 1. The average Bonchev–Trinajstić information content (AvgIpc) is 2.94. The van der Waals surface area contributed by atoms with Crippen molar-refractivity contribution >= 4 is 17.3 Å². The van der Waals surface area contributed by atoms with Crippen LogP contribution in [-0.2, 0) is 17.8 Å². The number of carboxylic acid groups (broad SMARTS) is 1. The van der Waals surface area contributed by atoms with Crippen LogP contribution in [0.15, 0.2) is 29.6 Å². The van der Waals surface area contributed by atoms with Gasteiger partial charge in [0.25, 0.3) is 0 Å². The average molecular weight is 276 g/mol. The molecule has 19 heavy (non-hydrogen) atoms. The Labute approximate surface area is 117 Å². The van der Waals surface area contributed by atoms with Gasteiger partial charge >= 0.3 is 0 Å². The summed E-state index contributed by atoms with van der Waals surface area (Å²) in [6.45, 7) is 5.24. The topological polar surface area (TPSA) is 45.1 Å². The second-order valence-electron chi connectivity index (χ2n) is 5.06. The van der Waals surface area contributed by atoms with Gasteiger partial charge in [0.05, 0.1) is 10.6 Å². The number of rotatable bonds is 6. The van der Waals surface area contributed by atoms with E-state index in [4.69, 9.17) is 0 Å². The molecule has 102 valence electrons. The summed E-state index contributed by atoms with van der Waals surface area (Å²) >= 11 is 1.71. The van der Waals surface area contributed by atoms with Crippen molar-refractivity contribution in [1.29, 1.82) is 0 Å². The van der Waals surface area contributed by atoms with Crippen LogP contribution in [0.2, 0.25) is 0 Å². The van der Waals surface area contributed by atoms with E-state index >= 15 is 0 Å². The van der Waals surface area contributed by atoms with Crippen molar-refractivity contribution in [2.24, 2.45) is 5.92 Å². The minimum atomic E-state index is -0.991. The number of carbonyl (C=O) groups is 1. The van der Waals surface area contributed by atoms with Crippen LogP contribution in [0.1, 0.15) is 26.0 Å². The third-order valence-electron chi connectivity index (χ3n) is 2.98. The number of carboxylic acids is 1. The Bertz CT molecular complexity index is 541. The third-order valence-corrected chi connectivity index (χ3v) is 3.87. The van der Waals surface area contributed by atoms with E-state index in [1.165, 1.54) is 10.6 Å². The summed E-state index contributed by atoms with van der Waals surface area (Å²) in [7, 11) is 0. The van der Waals surface area contributed by atoms with Crippen molar-refractivity contribution in [2.45, 2.75) is 33.2 Å². The summed E-state index contributed by atoms with van der Waals surface area (Å²) in [6.07, 6.45) is 0.604. The highest BCUT2D eigenvalue weighted by atomic mass is 32.1. The first-order valence-corrected chi connectivity index (χ1v) is 7.38. The van der Waals surface area contributed by atoms with Crippen molar-refractivity contribution in [3.8, 4) is 10.6 Å². The van der Waals surface area contributed by atoms with Gasteiger partial charge in [0.15, 0.2) is 0 Å². The zero-order valence-corrected chi connectivity index (χ0v) is 12.1. The zero-order valence-electron chi connectivity index (χ0n) is 11.3. The predicted octanol–water partition coefficient (Wildman–Crippen LogP) is 2.56. The molecule has 0 aliphatic carbocycles. The van der Waals surface area contributed by atoms with E-state index in [0.29, 0.717) is 12.3 Å². The Morgan fingerprint density at radius 2 is 2.16 bits per heavy atom. The minimum absolute atomic E-state index is 0.0754. The second-order valence-corrected chi connectivity index (χ2v) is 6.01. The SMILES string of the molecule is CC(C)Cn1c(CCC(=O)[O-])ccc1-c1cccs1. The molecular weight excluding hydrogens is 258 g/mol. The number of aryl methyl sites for hydroxylation is 1. The first-order valence-electron chi connectivity index (χ1n) is 6.50. The fourth-order valence-electron chi connectivity index (χ4n) is 2.18. The van der Waals surface area contributed by atoms with Crippen LogP contribution in [-0.4, -0.2) is 10.5 Å². The first-order chi connectivity index (χ1) is 9.08. The summed E-state index contributed by atoms with van der Waals surface area (Å²) in [5.41, 5.74) is 2.25. The van der Waals surface area contributed by atoms with E-state index in [9.17, 15) is 9.90 Å². The quantitative estimate of drug-likeness (QED) is 0.814. The first kappa shape index (κ1) is 13.9. The number of hydrogen-bond acceptors (Lipinski definition) is 3. The number of aromatic nitrogens is 1. The van der Waals surface area contributed by atoms with E-state index < -0.39 is 5.97 Å². The molecule has 0 aliphatic heterocycles. The molecule has 2 heterocycles. The normalized spacial score (nSPS) is 11.1. The molecule has 0 spiro atoms. The van der Waals surface area contributed by atoms with Gasteiger partial charge in [0, 0.05) is 18.2 Å². The van der Waals surface area contributed by atoms with E-state index in [-0.39, 0.29) is 6.42 Å². The number of carbonyl (C=O) groups excluding carboxylic acids is 1. The Morgan fingerprint density at radius 3 is 2.74 bits per heavy atom. The minimum Gasteiger partial charge on any atom is -0.550 e. The molecule has 2 rings (SSSR count). The predicted molar refractivity (Wildman–Crippen MR) is 75.9 cm³/mol. The van der Waals surface area contributed by atoms with Gasteiger partial charge in [-0.2, -0.15) is 0 Å². The lowest BCUT2D eigenvalue weighted by molar-refractivity contribution is -0.305. The maximum atomic E-state index is 10.6. The summed E-state index contributed by atoms with van der Waals surface area (Å²) < 4.78 is 2.24. The molecule has 2 aromatic rings. The summed E-state index contributed by atoms with van der Waals surface area (Å²) in [5.74, 6) is -0.470. The van der Waals surface area contributed by atoms with Crippen LogP contribution in [0.4, 0.5) is 0 Å². The molecule has 4 heteroatoms. The molecule has 3 nitrogen and oxygen atoms in total. The van der Waals surface area contributed by atoms with Crippen LogP contribution in [0, 0.1) is 5.92 Å². The van der Waals surface area contributed by atoms with Crippen LogP contribution in [0.5, 0.6) is 0 Å². The monoisotopic (exact) mass is 276 g/mol. The van der Waals surface area contributed by atoms with Gasteiger partial charge in [-0.15, -0.1) is 11.3 Å². The van der Waals surface area contributed by atoms with Gasteiger partial charge in [-0.3, -0.25) is 0 Å². The van der Waals surface area contributed by atoms with E-state index in [2.05, 4.69) is 35.9 Å². The molecule has 0 atom stereocenters. The molecular formula is C15H18NO2S-. The van der Waals surface area contributed by atoms with Gasteiger partial charge < -0.3 is 14.5 Å². The van der Waals surface area contributed by atoms with Crippen LogP contribution >= 0.6 is 11.3 Å². The molecule has 0 unspecified atom stereocenters. The van der Waals surface area contributed by atoms with Crippen molar-refractivity contribution in [1.82, 2.24) is 4.57 Å². The van der Waals surface area contributed by atoms with Crippen molar-refractivity contribution in [2.75, 3.05) is 0 Å². The van der Waals surface area contributed by atoms with Gasteiger partial charge in [-0.1, -0.05) is 19.9 Å². The van der Waals surface area contributed by atoms with Gasteiger partial charge in [-0.25, -0.2) is 0 Å². The fraction of sp³-hybridized carbons (Fsp3) is 0.400. The van der Waals surface area contributed by atoms with Gasteiger partial charge in [0.2, 0.25) is 0 Å². The van der Waals surface area contributed by atoms with Crippen molar-refractivity contribution < 1.29 is 9.90 Å². The van der Waals surface area contributed by atoms with E-state index in [1.807, 2.05) is 12.1 Å². The Kier molecular flexibility index (Phi) is 4.43. The van der Waals surface area contributed by atoms with Crippen LogP contribution in [0.3, 0.4) is 0 Å². The standard InChI is InChI=1S/C15H19NO2S/c1-11(2)10-16-12(6-8-15(17)18)5-7-13(16)14-4-3-9-19-14/h3-5,7,9,11H,6,8,10H2,1-2H3,(H,17,18)/p-1. The van der Waals surface area contributed by atoms with Crippen molar-refractivity contribution in [3.63, 3.8) is 0 Å². The molecule has 0 fully saturated rings. The smallest absolute Gasteiger partial charge is 0.0584 e. The van der Waals surface area contributed by atoms with E-state index in [0.717, 1.165) is 12.2 Å². The van der Waals surface area contributed by atoms with E-state index in [1.54, 1.807) is 11.3 Å². The van der Waals surface area contributed by atoms with Gasteiger partial charge in [-0.05, 0) is 42.3 Å². The fourth-order valence-corrected chi connectivity index (χ4v) is 2.94. The lowest BCUT2D eigenvalue weighted by atomic mass is 10.2. The lowest BCUT2D eigenvalue weighted by Crippen LogP contribution is -2.23. The van der Waals surface area contributed by atoms with Crippen molar-refractivity contribution in [3.05, 3.63) is 35.3 Å². The number of thiophene rings is 1. The molecule has 0 radical (unpaired) electrons. The third kappa shape index (κ3) is 3.47. The molecule has 0 N–H and O–H groups in total. The van der Waals surface area contributed by atoms with Crippen LogP contribution < -0.4 is 5.11 Å². The Balaban J connectivity index is 2.30. The highest BCUT2D eigenvalue weighted by Gasteiger charge is 2.11. The van der Waals surface area contributed by atoms with Crippen LogP contribution in [0.25, 0.3) is 10.6 Å². The number of hydrogen-bond donors (Lipinski definition) is 0. The highest BCUT2D eigenvalue weighted by Crippen LogP contribution is 2.28. The molecule has 0 aliphatic rings. The zero-order chi connectivity index (χ0) is 13.8. The Morgan fingerprint density at radius 1 is 1.37 bits per heavy atom. The summed E-state index contributed by atoms with van der Waals surface area (Å²) in [5, 5.41) is 12.7. The molecule has 0 saturated carbocycles. The van der Waals surface area contributed by atoms with Gasteiger partial charge in [0.1, 0.15) is 0 Å². The largest absolute Gasteiger partial charge is 0.550 e. The lowest BCUT2D eigenvalue weighted by Gasteiger charge is -2.15. The summed E-state index contributed by atoms with van der Waals surface area (Å²) in [4.78, 5) is 11.8. The highest BCUT2D eigenvalue weighted by molar-refractivity contribution is 7.13. The molecule has 0 aromatic carbocycles. The molecule has 0 amide bonds. The second kappa shape index (κ2) is 6.06. The maximum Gasteiger partial charge on any atom is 0.0584 e. The Hall–Kier alpha value is -1.55. The molecule has 0 bridgehead atoms.